The van der Waals surface area contributed by atoms with Gasteiger partial charge in [-0.15, -0.1) is 0 Å². The maximum Gasteiger partial charge on any atom is 0.329 e. The topological polar surface area (TPSA) is 75.6 Å². The van der Waals surface area contributed by atoms with Crippen LogP contribution in [0.3, 0.4) is 0 Å². The quantitative estimate of drug-likeness (QED) is 0.873. The highest BCUT2D eigenvalue weighted by Gasteiger charge is 2.40. The number of carbonyl (C=O) groups excluding carboxylic acids is 1. The van der Waals surface area contributed by atoms with Crippen molar-refractivity contribution in [2.45, 2.75) is 44.1 Å². The molecule has 22 heavy (non-hydrogen) atoms. The number of nitrogens with one attached hydrogen (secondary N) is 1. The molecule has 0 heterocycles. The van der Waals surface area contributed by atoms with Gasteiger partial charge in [0, 0.05) is 10.6 Å². The molecule has 0 saturated heterocycles. The molecular formula is C16H20ClNO4. The standard InChI is InChI=1S/C16H20ClNO4/c1-22-13-7-5-6-12(17)11(13)10-14(19)18-16(15(20)21)8-3-2-4-9-16/h5-7H,2-4,8-10H2,1H3,(H,18,19)(H,20,21). The number of ether oxygens (including phenoxy) is 1. The number of halogens is 1. The van der Waals surface area contributed by atoms with Gasteiger partial charge >= 0.3 is 5.97 Å². The number of carbonyl (C=O) groups is 2. The zero-order valence-electron chi connectivity index (χ0n) is 12.5. The smallest absolute Gasteiger partial charge is 0.329 e. The van der Waals surface area contributed by atoms with Gasteiger partial charge in [-0.1, -0.05) is 36.9 Å². The van der Waals surface area contributed by atoms with Crippen molar-refractivity contribution in [3.05, 3.63) is 28.8 Å². The molecule has 0 atom stereocenters. The third-order valence-electron chi connectivity index (χ3n) is 4.13. The van der Waals surface area contributed by atoms with Crippen molar-refractivity contribution in [1.82, 2.24) is 5.32 Å². The molecule has 1 fully saturated rings. The molecule has 0 bridgehead atoms. The summed E-state index contributed by atoms with van der Waals surface area (Å²) in [6, 6.07) is 5.14. The van der Waals surface area contributed by atoms with Crippen LogP contribution in [0.25, 0.3) is 0 Å². The van der Waals surface area contributed by atoms with Gasteiger partial charge in [-0.05, 0) is 25.0 Å². The molecule has 1 saturated carbocycles. The van der Waals surface area contributed by atoms with Gasteiger partial charge in [0.25, 0.3) is 0 Å². The lowest BCUT2D eigenvalue weighted by Gasteiger charge is -2.34. The van der Waals surface area contributed by atoms with E-state index in [0.717, 1.165) is 19.3 Å². The van der Waals surface area contributed by atoms with Gasteiger partial charge in [-0.25, -0.2) is 4.79 Å². The van der Waals surface area contributed by atoms with Gasteiger partial charge in [-0.2, -0.15) is 0 Å². The van der Waals surface area contributed by atoms with Gasteiger partial charge in [0.15, 0.2) is 0 Å². The summed E-state index contributed by atoms with van der Waals surface area (Å²) in [4.78, 5) is 23.9. The van der Waals surface area contributed by atoms with E-state index in [9.17, 15) is 14.7 Å². The van der Waals surface area contributed by atoms with Crippen LogP contribution in [-0.4, -0.2) is 29.6 Å². The monoisotopic (exact) mass is 325 g/mol. The molecule has 120 valence electrons. The zero-order chi connectivity index (χ0) is 16.2. The van der Waals surface area contributed by atoms with E-state index in [1.165, 1.54) is 7.11 Å². The van der Waals surface area contributed by atoms with E-state index >= 15 is 0 Å². The average Bonchev–Trinajstić information content (AvgIpc) is 2.50. The highest BCUT2D eigenvalue weighted by atomic mass is 35.5. The van der Waals surface area contributed by atoms with Crippen LogP contribution in [0.15, 0.2) is 18.2 Å². The van der Waals surface area contributed by atoms with Gasteiger partial charge in [0.05, 0.1) is 13.5 Å². The second kappa shape index (κ2) is 7.01. The number of methoxy groups -OCH3 is 1. The van der Waals surface area contributed by atoms with E-state index < -0.39 is 11.5 Å². The zero-order valence-corrected chi connectivity index (χ0v) is 13.3. The van der Waals surface area contributed by atoms with E-state index in [4.69, 9.17) is 16.3 Å². The molecule has 2 N–H and O–H groups in total. The molecular weight excluding hydrogens is 306 g/mol. The summed E-state index contributed by atoms with van der Waals surface area (Å²) in [5.41, 5.74) is -0.579. The number of hydrogen-bond donors (Lipinski definition) is 2. The van der Waals surface area contributed by atoms with Crippen LogP contribution in [0.1, 0.15) is 37.7 Å². The lowest BCUT2D eigenvalue weighted by Crippen LogP contribution is -2.56. The molecule has 1 aromatic rings. The van der Waals surface area contributed by atoms with E-state index in [1.54, 1.807) is 18.2 Å². The van der Waals surface area contributed by atoms with E-state index in [1.807, 2.05) is 0 Å². The summed E-state index contributed by atoms with van der Waals surface area (Å²) in [5, 5.41) is 12.6. The summed E-state index contributed by atoms with van der Waals surface area (Å²) < 4.78 is 5.21. The second-order valence-corrected chi connectivity index (χ2v) is 6.00. The number of amides is 1. The predicted molar refractivity (Wildman–Crippen MR) is 83.3 cm³/mol. The van der Waals surface area contributed by atoms with Crippen molar-refractivity contribution in [2.24, 2.45) is 0 Å². The summed E-state index contributed by atoms with van der Waals surface area (Å²) in [6.45, 7) is 0. The van der Waals surface area contributed by atoms with Crippen LogP contribution in [0.2, 0.25) is 5.02 Å². The number of rotatable bonds is 5. The van der Waals surface area contributed by atoms with Crippen LogP contribution in [0.4, 0.5) is 0 Å². The van der Waals surface area contributed by atoms with Crippen LogP contribution in [-0.2, 0) is 16.0 Å². The van der Waals surface area contributed by atoms with E-state index in [0.29, 0.717) is 29.2 Å². The molecule has 0 unspecified atom stereocenters. The fourth-order valence-electron chi connectivity index (χ4n) is 2.92. The maximum atomic E-state index is 12.3. The Hall–Kier alpha value is -1.75. The van der Waals surface area contributed by atoms with Crippen molar-refractivity contribution in [3.63, 3.8) is 0 Å². The van der Waals surface area contributed by atoms with Crippen LogP contribution < -0.4 is 10.1 Å². The normalized spacial score (nSPS) is 16.8. The Balaban J connectivity index is 2.14. The number of aliphatic carboxylic acids is 1. The number of hydrogen-bond acceptors (Lipinski definition) is 3. The molecule has 5 nitrogen and oxygen atoms in total. The van der Waals surface area contributed by atoms with Gasteiger partial charge in [-0.3, -0.25) is 4.79 Å². The first kappa shape index (κ1) is 16.6. The highest BCUT2D eigenvalue weighted by molar-refractivity contribution is 6.31. The summed E-state index contributed by atoms with van der Waals surface area (Å²) in [5.74, 6) is -0.793. The second-order valence-electron chi connectivity index (χ2n) is 5.59. The van der Waals surface area contributed by atoms with E-state index in [2.05, 4.69) is 5.32 Å². The molecule has 0 spiro atoms. The molecule has 0 radical (unpaired) electrons. The summed E-state index contributed by atoms with van der Waals surface area (Å²) in [6.07, 6.45) is 3.55. The Morgan fingerprint density at radius 3 is 2.59 bits per heavy atom. The SMILES string of the molecule is COc1cccc(Cl)c1CC(=O)NC1(C(=O)O)CCCCC1. The predicted octanol–water partition coefficient (Wildman–Crippen LogP) is 2.79. The van der Waals surface area contributed by atoms with Crippen molar-refractivity contribution in [3.8, 4) is 5.75 Å². The Morgan fingerprint density at radius 1 is 1.32 bits per heavy atom. The van der Waals surface area contributed by atoms with Crippen LogP contribution >= 0.6 is 11.6 Å². The fourth-order valence-corrected chi connectivity index (χ4v) is 3.15. The van der Waals surface area contributed by atoms with Crippen LogP contribution in [0, 0.1) is 0 Å². The van der Waals surface area contributed by atoms with Crippen molar-refractivity contribution in [1.29, 1.82) is 0 Å². The fraction of sp³-hybridized carbons (Fsp3) is 0.500. The Kier molecular flexibility index (Phi) is 5.29. The molecule has 1 aliphatic rings. The lowest BCUT2D eigenvalue weighted by molar-refractivity contribution is -0.149. The van der Waals surface area contributed by atoms with Gasteiger partial charge < -0.3 is 15.2 Å². The summed E-state index contributed by atoms with van der Waals surface area (Å²) in [7, 11) is 1.51. The summed E-state index contributed by atoms with van der Waals surface area (Å²) >= 11 is 6.12. The van der Waals surface area contributed by atoms with Crippen molar-refractivity contribution < 1.29 is 19.4 Å². The van der Waals surface area contributed by atoms with Crippen LogP contribution in [0.5, 0.6) is 5.75 Å². The average molecular weight is 326 g/mol. The van der Waals surface area contributed by atoms with Crippen molar-refractivity contribution in [2.75, 3.05) is 7.11 Å². The molecule has 2 rings (SSSR count). The maximum absolute atomic E-state index is 12.3. The number of carboxylic acid groups (broad SMARTS) is 1. The van der Waals surface area contributed by atoms with Gasteiger partial charge in [0.1, 0.15) is 11.3 Å². The minimum absolute atomic E-state index is 0.00211. The lowest BCUT2D eigenvalue weighted by atomic mass is 9.81. The van der Waals surface area contributed by atoms with Crippen molar-refractivity contribution >= 4 is 23.5 Å². The molecule has 1 aromatic carbocycles. The Labute approximate surface area is 134 Å². The molecule has 0 aromatic heterocycles. The first-order chi connectivity index (χ1) is 10.5. The third kappa shape index (κ3) is 3.53. The number of carboxylic acids is 1. The van der Waals surface area contributed by atoms with E-state index in [-0.39, 0.29) is 12.3 Å². The Morgan fingerprint density at radius 2 is 2.00 bits per heavy atom. The van der Waals surface area contributed by atoms with Gasteiger partial charge in [0.2, 0.25) is 5.91 Å². The highest BCUT2D eigenvalue weighted by Crippen LogP contribution is 2.30. The molecule has 0 aliphatic heterocycles. The Bertz CT molecular complexity index is 567. The first-order valence-corrected chi connectivity index (χ1v) is 7.72. The first-order valence-electron chi connectivity index (χ1n) is 7.34. The molecule has 6 heteroatoms. The third-order valence-corrected chi connectivity index (χ3v) is 4.48. The minimum Gasteiger partial charge on any atom is -0.496 e. The number of benzene rings is 1. The largest absolute Gasteiger partial charge is 0.496 e. The molecule has 1 aliphatic carbocycles. The minimum atomic E-state index is -1.15. The molecule has 1 amide bonds.